The quantitative estimate of drug-likeness (QED) is 0.688. The molecule has 20 heavy (non-hydrogen) atoms. The van der Waals surface area contributed by atoms with Crippen molar-refractivity contribution < 1.29 is 19.1 Å². The van der Waals surface area contributed by atoms with E-state index < -0.39 is 0 Å². The highest BCUT2D eigenvalue weighted by molar-refractivity contribution is 5.69. The van der Waals surface area contributed by atoms with Crippen molar-refractivity contribution in [3.05, 3.63) is 0 Å². The SMILES string of the molecule is O=C1OCCN1CN1CCN(CN2CCOC2=O)CC1. The van der Waals surface area contributed by atoms with Crippen molar-refractivity contribution in [2.24, 2.45) is 0 Å². The number of amides is 2. The van der Waals surface area contributed by atoms with Crippen molar-refractivity contribution >= 4 is 12.2 Å². The molecule has 0 bridgehead atoms. The third kappa shape index (κ3) is 2.96. The summed E-state index contributed by atoms with van der Waals surface area (Å²) < 4.78 is 9.84. The van der Waals surface area contributed by atoms with Gasteiger partial charge < -0.3 is 9.47 Å². The summed E-state index contributed by atoms with van der Waals surface area (Å²) in [5.41, 5.74) is 0. The summed E-state index contributed by atoms with van der Waals surface area (Å²) in [5, 5.41) is 0. The van der Waals surface area contributed by atoms with E-state index in [0.29, 0.717) is 39.6 Å². The van der Waals surface area contributed by atoms with Crippen molar-refractivity contribution in [3.8, 4) is 0 Å². The average Bonchev–Trinajstić information content (AvgIpc) is 3.02. The predicted octanol–water partition coefficient (Wildman–Crippen LogP) is -0.577. The lowest BCUT2D eigenvalue weighted by atomic mass is 10.3. The first-order valence-electron chi connectivity index (χ1n) is 7.00. The standard InChI is InChI=1S/C12H20N4O4/c17-11-15(5-7-19-11)9-13-1-2-14(4-3-13)10-16-6-8-20-12(16)18/h1-10H2. The smallest absolute Gasteiger partial charge is 0.410 e. The van der Waals surface area contributed by atoms with Crippen LogP contribution in [-0.4, -0.2) is 97.6 Å². The Bertz CT molecular complexity index is 348. The monoisotopic (exact) mass is 284 g/mol. The summed E-state index contributed by atoms with van der Waals surface area (Å²) >= 11 is 0. The van der Waals surface area contributed by atoms with Crippen LogP contribution in [0.3, 0.4) is 0 Å². The Labute approximate surface area is 117 Å². The van der Waals surface area contributed by atoms with Gasteiger partial charge in [0.15, 0.2) is 0 Å². The minimum absolute atomic E-state index is 0.216. The van der Waals surface area contributed by atoms with E-state index in [-0.39, 0.29) is 12.2 Å². The Kier molecular flexibility index (Phi) is 3.93. The van der Waals surface area contributed by atoms with E-state index in [9.17, 15) is 9.59 Å². The highest BCUT2D eigenvalue weighted by atomic mass is 16.6. The molecule has 0 atom stereocenters. The minimum Gasteiger partial charge on any atom is -0.447 e. The summed E-state index contributed by atoms with van der Waals surface area (Å²) in [7, 11) is 0. The Hall–Kier alpha value is -1.54. The van der Waals surface area contributed by atoms with E-state index in [1.807, 2.05) is 0 Å². The van der Waals surface area contributed by atoms with E-state index in [2.05, 4.69) is 9.80 Å². The van der Waals surface area contributed by atoms with E-state index in [1.54, 1.807) is 9.80 Å². The van der Waals surface area contributed by atoms with E-state index in [4.69, 9.17) is 9.47 Å². The van der Waals surface area contributed by atoms with Gasteiger partial charge in [-0.15, -0.1) is 0 Å². The number of rotatable bonds is 4. The molecule has 0 aromatic carbocycles. The number of nitrogens with zero attached hydrogens (tertiary/aromatic N) is 4. The molecule has 3 saturated heterocycles. The fourth-order valence-corrected chi connectivity index (χ4v) is 2.66. The number of piperazine rings is 1. The molecule has 0 aliphatic carbocycles. The first-order valence-corrected chi connectivity index (χ1v) is 7.00. The Balaban J connectivity index is 1.40. The molecule has 0 radical (unpaired) electrons. The van der Waals surface area contributed by atoms with Gasteiger partial charge in [0.25, 0.3) is 0 Å². The van der Waals surface area contributed by atoms with Crippen LogP contribution in [0.1, 0.15) is 0 Å². The maximum absolute atomic E-state index is 11.4. The molecule has 3 rings (SSSR count). The highest BCUT2D eigenvalue weighted by Crippen LogP contribution is 2.10. The van der Waals surface area contributed by atoms with E-state index in [1.165, 1.54) is 0 Å². The summed E-state index contributed by atoms with van der Waals surface area (Å²) in [5.74, 6) is 0. The van der Waals surface area contributed by atoms with Gasteiger partial charge in [-0.05, 0) is 0 Å². The number of hydrogen-bond acceptors (Lipinski definition) is 6. The molecule has 0 aromatic heterocycles. The molecule has 3 aliphatic heterocycles. The second-order valence-electron chi connectivity index (χ2n) is 5.27. The van der Waals surface area contributed by atoms with Crippen molar-refractivity contribution in [3.63, 3.8) is 0 Å². The lowest BCUT2D eigenvalue weighted by molar-refractivity contribution is 0.0634. The highest BCUT2D eigenvalue weighted by Gasteiger charge is 2.28. The van der Waals surface area contributed by atoms with Gasteiger partial charge in [0, 0.05) is 26.2 Å². The maximum atomic E-state index is 11.4. The average molecular weight is 284 g/mol. The number of carbonyl (C=O) groups excluding carboxylic acids is 2. The molecule has 0 spiro atoms. The minimum atomic E-state index is -0.216. The van der Waals surface area contributed by atoms with Gasteiger partial charge in [-0.1, -0.05) is 0 Å². The van der Waals surface area contributed by atoms with Gasteiger partial charge >= 0.3 is 12.2 Å². The maximum Gasteiger partial charge on any atom is 0.410 e. The molecule has 8 nitrogen and oxygen atoms in total. The molecular formula is C12H20N4O4. The molecule has 112 valence electrons. The number of ether oxygens (including phenoxy) is 2. The molecule has 0 aromatic rings. The number of cyclic esters (lactones) is 2. The number of hydrogen-bond donors (Lipinski definition) is 0. The summed E-state index contributed by atoms with van der Waals surface area (Å²) in [6.07, 6.45) is -0.431. The first-order chi connectivity index (χ1) is 9.72. The van der Waals surface area contributed by atoms with Crippen LogP contribution in [0.25, 0.3) is 0 Å². The molecule has 8 heteroatoms. The topological polar surface area (TPSA) is 65.6 Å². The summed E-state index contributed by atoms with van der Waals surface area (Å²) in [6, 6.07) is 0. The molecule has 2 amide bonds. The second-order valence-corrected chi connectivity index (χ2v) is 5.27. The van der Waals surface area contributed by atoms with Crippen LogP contribution in [0.5, 0.6) is 0 Å². The molecule has 0 saturated carbocycles. The summed E-state index contributed by atoms with van der Waals surface area (Å²) in [6.45, 7) is 7.21. The largest absolute Gasteiger partial charge is 0.447 e. The third-order valence-electron chi connectivity index (χ3n) is 3.90. The van der Waals surface area contributed by atoms with Crippen LogP contribution in [0.2, 0.25) is 0 Å². The van der Waals surface area contributed by atoms with Crippen LogP contribution in [0.15, 0.2) is 0 Å². The third-order valence-corrected chi connectivity index (χ3v) is 3.90. The molecule has 0 N–H and O–H groups in total. The Morgan fingerprint density at radius 3 is 1.40 bits per heavy atom. The molecule has 3 heterocycles. The van der Waals surface area contributed by atoms with Crippen LogP contribution in [0.4, 0.5) is 9.59 Å². The zero-order chi connectivity index (χ0) is 13.9. The van der Waals surface area contributed by atoms with E-state index >= 15 is 0 Å². The van der Waals surface area contributed by atoms with Crippen LogP contribution in [0, 0.1) is 0 Å². The molecular weight excluding hydrogens is 264 g/mol. The van der Waals surface area contributed by atoms with E-state index in [0.717, 1.165) is 26.2 Å². The lowest BCUT2D eigenvalue weighted by Gasteiger charge is -2.37. The fourth-order valence-electron chi connectivity index (χ4n) is 2.66. The second kappa shape index (κ2) is 5.84. The number of carbonyl (C=O) groups is 2. The Morgan fingerprint density at radius 2 is 1.10 bits per heavy atom. The van der Waals surface area contributed by atoms with Crippen molar-refractivity contribution in [2.75, 3.05) is 65.8 Å². The van der Waals surface area contributed by atoms with Gasteiger partial charge in [-0.3, -0.25) is 19.6 Å². The van der Waals surface area contributed by atoms with Crippen molar-refractivity contribution in [2.45, 2.75) is 0 Å². The van der Waals surface area contributed by atoms with Crippen LogP contribution < -0.4 is 0 Å². The van der Waals surface area contributed by atoms with Crippen molar-refractivity contribution in [1.29, 1.82) is 0 Å². The van der Waals surface area contributed by atoms with Gasteiger partial charge in [-0.25, -0.2) is 9.59 Å². The summed E-state index contributed by atoms with van der Waals surface area (Å²) in [4.78, 5) is 30.7. The zero-order valence-electron chi connectivity index (χ0n) is 11.5. The lowest BCUT2D eigenvalue weighted by Crippen LogP contribution is -2.52. The van der Waals surface area contributed by atoms with Gasteiger partial charge in [0.05, 0.1) is 26.4 Å². The molecule has 3 fully saturated rings. The van der Waals surface area contributed by atoms with Crippen LogP contribution in [-0.2, 0) is 9.47 Å². The van der Waals surface area contributed by atoms with Gasteiger partial charge in [0.1, 0.15) is 13.2 Å². The van der Waals surface area contributed by atoms with Crippen LogP contribution >= 0.6 is 0 Å². The normalized spacial score (nSPS) is 25.2. The molecule has 3 aliphatic rings. The fraction of sp³-hybridized carbons (Fsp3) is 0.833. The predicted molar refractivity (Wildman–Crippen MR) is 69.0 cm³/mol. The zero-order valence-corrected chi connectivity index (χ0v) is 11.5. The molecule has 0 unspecified atom stereocenters. The van der Waals surface area contributed by atoms with Crippen molar-refractivity contribution in [1.82, 2.24) is 19.6 Å². The Morgan fingerprint density at radius 1 is 0.700 bits per heavy atom. The van der Waals surface area contributed by atoms with Gasteiger partial charge in [0.2, 0.25) is 0 Å². The van der Waals surface area contributed by atoms with Gasteiger partial charge in [-0.2, -0.15) is 0 Å². The first kappa shape index (κ1) is 13.4.